The fraction of sp³-hybridized carbons (Fsp3) is 0.517. The lowest BCUT2D eigenvalue weighted by Crippen LogP contribution is -2.62. The Morgan fingerprint density at radius 2 is 1.57 bits per heavy atom. The molecule has 1 aliphatic rings. The molecule has 0 unspecified atom stereocenters. The maximum atomic E-state index is 13.3. The Morgan fingerprint density at radius 1 is 0.971 bits per heavy atom. The van der Waals surface area contributed by atoms with Gasteiger partial charge in [-0.1, -0.05) is 60.7 Å². The molecule has 1 fully saturated rings. The van der Waals surface area contributed by atoms with E-state index in [-0.39, 0.29) is 41.9 Å². The Balaban J connectivity index is 2.10. The van der Waals surface area contributed by atoms with E-state index in [2.05, 4.69) is 61.8 Å². The minimum atomic E-state index is -0.451. The van der Waals surface area contributed by atoms with Crippen LogP contribution in [0.2, 0.25) is 0 Å². The van der Waals surface area contributed by atoms with E-state index in [4.69, 9.17) is 9.47 Å². The van der Waals surface area contributed by atoms with Crippen molar-refractivity contribution in [1.82, 2.24) is 9.80 Å². The average molecular weight is 481 g/mol. The molecule has 190 valence electrons. The molecule has 6 heteroatoms. The van der Waals surface area contributed by atoms with Gasteiger partial charge in [0.05, 0.1) is 26.6 Å². The zero-order valence-corrected chi connectivity index (χ0v) is 21.9. The van der Waals surface area contributed by atoms with Crippen LogP contribution in [0, 0.1) is 11.8 Å². The molecular formula is C29H40N2O4. The fourth-order valence-corrected chi connectivity index (χ4v) is 5.22. The van der Waals surface area contributed by atoms with Crippen molar-refractivity contribution in [2.24, 2.45) is 11.8 Å². The highest BCUT2D eigenvalue weighted by atomic mass is 16.5. The van der Waals surface area contributed by atoms with E-state index < -0.39 is 5.92 Å². The van der Waals surface area contributed by atoms with Gasteiger partial charge in [-0.15, -0.1) is 0 Å². The molecule has 0 N–H and O–H groups in total. The van der Waals surface area contributed by atoms with Crippen LogP contribution in [0.15, 0.2) is 60.7 Å². The Labute approximate surface area is 210 Å². The van der Waals surface area contributed by atoms with Crippen LogP contribution < -0.4 is 0 Å². The van der Waals surface area contributed by atoms with Crippen LogP contribution in [0.25, 0.3) is 0 Å². The third kappa shape index (κ3) is 6.71. The summed E-state index contributed by atoms with van der Waals surface area (Å²) in [6, 6.07) is 20.6. The van der Waals surface area contributed by atoms with Crippen molar-refractivity contribution in [3.05, 3.63) is 71.8 Å². The highest BCUT2D eigenvalue weighted by Gasteiger charge is 2.48. The minimum absolute atomic E-state index is 0.0484. The van der Waals surface area contributed by atoms with Crippen molar-refractivity contribution in [3.63, 3.8) is 0 Å². The number of benzene rings is 2. The molecule has 2 aromatic rings. The Morgan fingerprint density at radius 3 is 2.11 bits per heavy atom. The molecule has 6 nitrogen and oxygen atoms in total. The summed E-state index contributed by atoms with van der Waals surface area (Å²) >= 11 is 0. The van der Waals surface area contributed by atoms with Crippen LogP contribution >= 0.6 is 0 Å². The Bertz CT molecular complexity index is 958. The summed E-state index contributed by atoms with van der Waals surface area (Å²) in [5, 5.41) is 0. The minimum Gasteiger partial charge on any atom is -0.469 e. The van der Waals surface area contributed by atoms with Crippen molar-refractivity contribution in [3.8, 4) is 0 Å². The Hall–Kier alpha value is -2.70. The molecule has 0 radical (unpaired) electrons. The highest BCUT2D eigenvalue weighted by Crippen LogP contribution is 2.38. The number of piperidine rings is 1. The number of hydrogen-bond acceptors (Lipinski definition) is 6. The first-order valence-corrected chi connectivity index (χ1v) is 12.4. The summed E-state index contributed by atoms with van der Waals surface area (Å²) in [6.07, 6.45) is 0.179. The van der Waals surface area contributed by atoms with Crippen LogP contribution in [0.1, 0.15) is 51.3 Å². The second-order valence-electron chi connectivity index (χ2n) is 10.5. The van der Waals surface area contributed by atoms with Gasteiger partial charge < -0.3 is 9.47 Å². The van der Waals surface area contributed by atoms with Gasteiger partial charge in [0.15, 0.2) is 0 Å². The zero-order valence-electron chi connectivity index (χ0n) is 21.9. The van der Waals surface area contributed by atoms with Crippen LogP contribution in [0.4, 0.5) is 0 Å². The molecule has 3 rings (SSSR count). The van der Waals surface area contributed by atoms with E-state index in [1.54, 1.807) is 0 Å². The van der Waals surface area contributed by atoms with Crippen LogP contribution in [-0.2, 0) is 25.6 Å². The number of esters is 2. The SMILES string of the molecule is COC(=O)C[C@H]1CN(C(C)(C)C)C[C@H](N(Cc2ccccc2)[C@@H](C)c2ccccc2)[C@H]1C(=O)OC. The van der Waals surface area contributed by atoms with Gasteiger partial charge in [0.25, 0.3) is 0 Å². The molecule has 0 bridgehead atoms. The van der Waals surface area contributed by atoms with E-state index in [1.165, 1.54) is 25.3 Å². The standard InChI is InChI=1S/C29H40N2O4/c1-21(23-15-11-8-12-16-23)31(18-22-13-9-7-10-14-22)25-20-30(29(2,3)4)19-24(17-26(32)34-5)27(25)28(33)35-6/h7-16,21,24-25,27H,17-20H2,1-6H3/t21-,24-,25-,27-/m0/s1. The quantitative estimate of drug-likeness (QED) is 0.511. The summed E-state index contributed by atoms with van der Waals surface area (Å²) in [7, 11) is 2.84. The molecule has 0 aliphatic carbocycles. The number of carbonyl (C=O) groups excluding carboxylic acids is 2. The van der Waals surface area contributed by atoms with Crippen LogP contribution in [-0.4, -0.2) is 60.6 Å². The monoisotopic (exact) mass is 480 g/mol. The second-order valence-corrected chi connectivity index (χ2v) is 10.5. The smallest absolute Gasteiger partial charge is 0.310 e. The van der Waals surface area contributed by atoms with Gasteiger partial charge in [0.2, 0.25) is 0 Å². The summed E-state index contributed by atoms with van der Waals surface area (Å²) in [5.41, 5.74) is 2.24. The molecule has 0 saturated carbocycles. The van der Waals surface area contributed by atoms with Gasteiger partial charge in [0.1, 0.15) is 0 Å². The maximum Gasteiger partial charge on any atom is 0.310 e. The molecular weight excluding hydrogens is 440 g/mol. The number of carbonyl (C=O) groups is 2. The van der Waals surface area contributed by atoms with E-state index >= 15 is 0 Å². The number of hydrogen-bond donors (Lipinski definition) is 0. The zero-order chi connectivity index (χ0) is 25.6. The van der Waals surface area contributed by atoms with Gasteiger partial charge in [0, 0.05) is 37.3 Å². The molecule has 1 heterocycles. The van der Waals surface area contributed by atoms with E-state index in [9.17, 15) is 9.59 Å². The molecule has 0 amide bonds. The number of ether oxygens (including phenoxy) is 2. The molecule has 0 aromatic heterocycles. The van der Waals surface area contributed by atoms with Gasteiger partial charge in [-0.05, 0) is 44.7 Å². The predicted molar refractivity (Wildman–Crippen MR) is 138 cm³/mol. The summed E-state index contributed by atoms with van der Waals surface area (Å²) < 4.78 is 10.4. The second kappa shape index (κ2) is 11.8. The number of rotatable bonds is 8. The maximum absolute atomic E-state index is 13.3. The third-order valence-electron chi connectivity index (χ3n) is 7.28. The lowest BCUT2D eigenvalue weighted by molar-refractivity contribution is -0.159. The Kier molecular flexibility index (Phi) is 9.09. The van der Waals surface area contributed by atoms with Crippen LogP contribution in [0.5, 0.6) is 0 Å². The first kappa shape index (κ1) is 26.9. The molecule has 1 saturated heterocycles. The molecule has 4 atom stereocenters. The van der Waals surface area contributed by atoms with E-state index in [1.807, 2.05) is 36.4 Å². The van der Waals surface area contributed by atoms with Gasteiger partial charge in [-0.2, -0.15) is 0 Å². The summed E-state index contributed by atoms with van der Waals surface area (Å²) in [4.78, 5) is 30.5. The largest absolute Gasteiger partial charge is 0.469 e. The van der Waals surface area contributed by atoms with Crippen molar-refractivity contribution in [1.29, 1.82) is 0 Å². The predicted octanol–water partition coefficient (Wildman–Crippen LogP) is 4.70. The molecule has 2 aromatic carbocycles. The first-order chi connectivity index (χ1) is 16.7. The van der Waals surface area contributed by atoms with Gasteiger partial charge in [-0.3, -0.25) is 19.4 Å². The first-order valence-electron chi connectivity index (χ1n) is 12.4. The number of methoxy groups -OCH3 is 2. The molecule has 1 aliphatic heterocycles. The number of likely N-dealkylation sites (tertiary alicyclic amines) is 1. The molecule has 35 heavy (non-hydrogen) atoms. The average Bonchev–Trinajstić information content (AvgIpc) is 2.86. The summed E-state index contributed by atoms with van der Waals surface area (Å²) in [5.74, 6) is -1.23. The van der Waals surface area contributed by atoms with Gasteiger partial charge in [-0.25, -0.2) is 0 Å². The lowest BCUT2D eigenvalue weighted by Gasteiger charge is -2.52. The van der Waals surface area contributed by atoms with Crippen molar-refractivity contribution in [2.75, 3.05) is 27.3 Å². The van der Waals surface area contributed by atoms with Crippen molar-refractivity contribution < 1.29 is 19.1 Å². The topological polar surface area (TPSA) is 59.1 Å². The number of nitrogens with zero attached hydrogens (tertiary/aromatic N) is 2. The molecule has 0 spiro atoms. The van der Waals surface area contributed by atoms with Crippen molar-refractivity contribution >= 4 is 11.9 Å². The van der Waals surface area contributed by atoms with E-state index in [0.29, 0.717) is 19.6 Å². The van der Waals surface area contributed by atoms with Crippen molar-refractivity contribution in [2.45, 2.75) is 58.3 Å². The normalized spacial score (nSPS) is 22.0. The lowest BCUT2D eigenvalue weighted by atomic mass is 9.77. The fourth-order valence-electron chi connectivity index (χ4n) is 5.22. The highest BCUT2D eigenvalue weighted by molar-refractivity contribution is 5.76. The van der Waals surface area contributed by atoms with E-state index in [0.717, 1.165) is 0 Å². The summed E-state index contributed by atoms with van der Waals surface area (Å²) in [6.45, 7) is 10.7. The van der Waals surface area contributed by atoms with Crippen LogP contribution in [0.3, 0.4) is 0 Å². The third-order valence-corrected chi connectivity index (χ3v) is 7.28. The van der Waals surface area contributed by atoms with Gasteiger partial charge >= 0.3 is 11.9 Å².